The van der Waals surface area contributed by atoms with E-state index in [2.05, 4.69) is 208 Å². The van der Waals surface area contributed by atoms with E-state index in [0.29, 0.717) is 0 Å². The molecule has 12 aromatic rings. The van der Waals surface area contributed by atoms with Crippen molar-refractivity contribution in [1.29, 1.82) is 0 Å². The van der Waals surface area contributed by atoms with E-state index < -0.39 is 8.07 Å². The topological polar surface area (TPSA) is 35.9 Å². The molecule has 0 spiro atoms. The summed E-state index contributed by atoms with van der Waals surface area (Å²) in [5, 5.41) is 12.4. The molecule has 12 rings (SSSR count). The third-order valence-corrected chi connectivity index (χ3v) is 16.9. The van der Waals surface area contributed by atoms with Gasteiger partial charge in [0, 0.05) is 56.0 Å². The highest BCUT2D eigenvalue weighted by Gasteiger charge is 2.41. The Morgan fingerprint density at radius 1 is 0.345 bits per heavy atom. The molecular weight excluding hydrogens is 723 g/mol. The number of hydrogen-bond acceptors (Lipinski definition) is 2. The van der Waals surface area contributed by atoms with E-state index in [0.717, 1.165) is 44.3 Å². The van der Waals surface area contributed by atoms with E-state index in [1.54, 1.807) is 0 Å². The highest BCUT2D eigenvalue weighted by atomic mass is 28.3. The number of rotatable bonds is 6. The average Bonchev–Trinajstić information content (AvgIpc) is 3.94. The fourth-order valence-electron chi connectivity index (χ4n) is 9.68. The van der Waals surface area contributed by atoms with Crippen LogP contribution in [0.3, 0.4) is 0 Å². The molecule has 0 saturated heterocycles. The Balaban J connectivity index is 1.10. The molecule has 4 nitrogen and oxygen atoms in total. The Morgan fingerprint density at radius 2 is 0.914 bits per heavy atom. The smallest absolute Gasteiger partial charge is 0.179 e. The van der Waals surface area contributed by atoms with Gasteiger partial charge in [-0.1, -0.05) is 140 Å². The van der Waals surface area contributed by atoms with Gasteiger partial charge in [-0.25, -0.2) is 0 Å². The molecule has 0 aliphatic carbocycles. The van der Waals surface area contributed by atoms with Gasteiger partial charge >= 0.3 is 0 Å². The highest BCUT2D eigenvalue weighted by molar-refractivity contribution is 7.19. The number of fused-ring (bicyclic) bond motifs is 9. The second-order valence-corrected chi connectivity index (χ2v) is 19.0. The average molecular weight is 758 g/mol. The summed E-state index contributed by atoms with van der Waals surface area (Å²) in [6.07, 6.45) is 3.88. The van der Waals surface area contributed by atoms with Crippen LogP contribution in [0, 0.1) is 0 Å². The summed E-state index contributed by atoms with van der Waals surface area (Å²) >= 11 is 0. The molecule has 4 aromatic heterocycles. The van der Waals surface area contributed by atoms with Crippen LogP contribution in [-0.4, -0.2) is 22.2 Å². The molecule has 0 N–H and O–H groups in total. The van der Waals surface area contributed by atoms with Gasteiger partial charge in [-0.2, -0.15) is 0 Å². The molecule has 0 fully saturated rings. The third kappa shape index (κ3) is 4.71. The van der Waals surface area contributed by atoms with E-state index >= 15 is 0 Å². The van der Waals surface area contributed by atoms with Crippen LogP contribution in [0.5, 0.6) is 0 Å². The maximum atomic E-state index is 6.43. The number of hydrogen-bond donors (Lipinski definition) is 0. The van der Waals surface area contributed by atoms with Gasteiger partial charge < -0.3 is 13.6 Å². The second-order valence-electron chi connectivity index (χ2n) is 15.1. The lowest BCUT2D eigenvalue weighted by Gasteiger charge is -2.35. The van der Waals surface area contributed by atoms with E-state index in [-0.39, 0.29) is 0 Å². The molecule has 0 aliphatic rings. The fraction of sp³-hybridized carbons (Fsp3) is 0. The van der Waals surface area contributed by atoms with Crippen molar-refractivity contribution >= 4 is 94.4 Å². The van der Waals surface area contributed by atoms with Crippen molar-refractivity contribution in [2.24, 2.45) is 0 Å². The first-order valence-corrected chi connectivity index (χ1v) is 21.8. The molecule has 0 amide bonds. The highest BCUT2D eigenvalue weighted by Crippen LogP contribution is 2.38. The quantitative estimate of drug-likeness (QED) is 0.125. The van der Waals surface area contributed by atoms with Crippen molar-refractivity contribution in [1.82, 2.24) is 14.1 Å². The van der Waals surface area contributed by atoms with Gasteiger partial charge in [0.25, 0.3) is 0 Å². The fourth-order valence-corrected chi connectivity index (χ4v) is 14.4. The van der Waals surface area contributed by atoms with Crippen molar-refractivity contribution in [3.8, 4) is 11.4 Å². The van der Waals surface area contributed by atoms with Gasteiger partial charge in [-0.15, -0.1) is 0 Å². The first-order chi connectivity index (χ1) is 28.8. The molecule has 5 heteroatoms. The lowest BCUT2D eigenvalue weighted by atomic mass is 10.1. The molecule has 0 saturated carbocycles. The molecule has 0 radical (unpaired) electrons. The van der Waals surface area contributed by atoms with Crippen LogP contribution in [-0.2, 0) is 0 Å². The minimum Gasteiger partial charge on any atom is -0.456 e. The minimum atomic E-state index is -2.90. The number of nitrogens with zero attached hydrogens (tertiary/aromatic N) is 3. The largest absolute Gasteiger partial charge is 0.456 e. The summed E-state index contributed by atoms with van der Waals surface area (Å²) in [6, 6.07) is 73.4. The van der Waals surface area contributed by atoms with Crippen molar-refractivity contribution in [2.75, 3.05) is 0 Å². The first-order valence-electron chi connectivity index (χ1n) is 19.8. The van der Waals surface area contributed by atoms with Crippen molar-refractivity contribution < 1.29 is 4.42 Å². The molecule has 0 unspecified atom stereocenters. The second kappa shape index (κ2) is 12.8. The number of aromatic nitrogens is 3. The normalized spacial score (nSPS) is 12.1. The van der Waals surface area contributed by atoms with Gasteiger partial charge in [0.2, 0.25) is 0 Å². The summed E-state index contributed by atoms with van der Waals surface area (Å²) in [6.45, 7) is 0. The van der Waals surface area contributed by atoms with Crippen LogP contribution >= 0.6 is 0 Å². The summed E-state index contributed by atoms with van der Waals surface area (Å²) in [7, 11) is -2.90. The van der Waals surface area contributed by atoms with Gasteiger partial charge in [-0.3, -0.25) is 4.98 Å². The molecule has 8 aromatic carbocycles. The molecule has 58 heavy (non-hydrogen) atoms. The lowest BCUT2D eigenvalue weighted by molar-refractivity contribution is 0.669. The van der Waals surface area contributed by atoms with Gasteiger partial charge in [0.15, 0.2) is 8.07 Å². The molecular formula is C53H35N3OSi. The van der Waals surface area contributed by atoms with Crippen LogP contribution in [0.15, 0.2) is 217 Å². The van der Waals surface area contributed by atoms with E-state index in [1.165, 1.54) is 53.3 Å². The van der Waals surface area contributed by atoms with Crippen molar-refractivity contribution in [3.63, 3.8) is 0 Å². The maximum Gasteiger partial charge on any atom is 0.179 e. The van der Waals surface area contributed by atoms with E-state index in [9.17, 15) is 0 Å². The Hall–Kier alpha value is -7.47. The number of benzene rings is 8. The Morgan fingerprint density at radius 3 is 1.64 bits per heavy atom. The van der Waals surface area contributed by atoms with Gasteiger partial charge in [0.1, 0.15) is 11.2 Å². The Bertz CT molecular complexity index is 3420. The minimum absolute atomic E-state index is 0.896. The predicted molar refractivity (Wildman–Crippen MR) is 244 cm³/mol. The summed E-state index contributed by atoms with van der Waals surface area (Å²) < 4.78 is 11.2. The SMILES string of the molecule is c1ccc([Si](c2ccccc2)(c2ccc(-n3c4ccccc4c4cc5c(cc43)oc3ccccc35)cc2)c2cccc(-n3c4ccccc4c4ccncc43)c2)cc1. The van der Waals surface area contributed by atoms with Crippen LogP contribution in [0.2, 0.25) is 0 Å². The first kappa shape index (κ1) is 32.7. The monoisotopic (exact) mass is 757 g/mol. The Labute approximate surface area is 335 Å². The van der Waals surface area contributed by atoms with Crippen LogP contribution in [0.4, 0.5) is 0 Å². The van der Waals surface area contributed by atoms with Crippen LogP contribution < -0.4 is 20.7 Å². The molecule has 4 heterocycles. The zero-order valence-corrected chi connectivity index (χ0v) is 32.5. The standard InChI is InChI=1S/C53H35N3OSi/c1-3-15-38(16-4-1)58(39-17-5-2-6-18-39,41-19-13-14-37(32-41)56-48-23-10-7-20-42(48)44-30-31-54-35-51(44)56)40-28-26-36(27-29-40)55-49-24-11-8-21-43(49)46-33-47-45-22-9-12-25-52(45)57-53(47)34-50(46)55/h1-35H. The molecule has 0 bridgehead atoms. The van der Waals surface area contributed by atoms with Gasteiger partial charge in [0.05, 0.1) is 28.3 Å². The van der Waals surface area contributed by atoms with Crippen LogP contribution in [0.1, 0.15) is 0 Å². The van der Waals surface area contributed by atoms with E-state index in [1.807, 2.05) is 18.5 Å². The zero-order valence-electron chi connectivity index (χ0n) is 31.5. The number of pyridine rings is 1. The molecule has 272 valence electrons. The summed E-state index contributed by atoms with van der Waals surface area (Å²) in [5.41, 5.74) is 8.61. The predicted octanol–water partition coefficient (Wildman–Crippen LogP) is 10.6. The number of para-hydroxylation sites is 3. The molecule has 0 atom stereocenters. The maximum absolute atomic E-state index is 6.43. The number of furan rings is 1. The summed E-state index contributed by atoms with van der Waals surface area (Å²) in [4.78, 5) is 4.58. The lowest BCUT2D eigenvalue weighted by Crippen LogP contribution is -2.74. The Kier molecular flexibility index (Phi) is 7.21. The van der Waals surface area contributed by atoms with Gasteiger partial charge in [-0.05, 0) is 75.3 Å². The summed E-state index contributed by atoms with van der Waals surface area (Å²) in [5.74, 6) is 0. The van der Waals surface area contributed by atoms with Crippen molar-refractivity contribution in [3.05, 3.63) is 213 Å². The van der Waals surface area contributed by atoms with E-state index in [4.69, 9.17) is 4.42 Å². The van der Waals surface area contributed by atoms with Crippen molar-refractivity contribution in [2.45, 2.75) is 0 Å². The zero-order chi connectivity index (χ0) is 38.2. The third-order valence-electron chi connectivity index (χ3n) is 12.2. The van der Waals surface area contributed by atoms with Crippen LogP contribution in [0.25, 0.3) is 76.9 Å². The molecule has 0 aliphatic heterocycles.